The summed E-state index contributed by atoms with van der Waals surface area (Å²) in [5, 5.41) is 0. The van der Waals surface area contributed by atoms with Crippen LogP contribution in [0.5, 0.6) is 0 Å². The van der Waals surface area contributed by atoms with Crippen molar-refractivity contribution >= 4 is 11.1 Å². The van der Waals surface area contributed by atoms with Crippen LogP contribution in [0.3, 0.4) is 0 Å². The molecule has 0 aliphatic heterocycles. The number of fused-ring (bicyclic) bond motifs is 1. The third-order valence-electron chi connectivity index (χ3n) is 1.58. The second-order valence-corrected chi connectivity index (χ2v) is 2.54. The molecule has 3 nitrogen and oxygen atoms in total. The average Bonchev–Trinajstić information content (AvgIpc) is 2.31. The maximum Gasteiger partial charge on any atom is 0.192 e. The molecule has 0 fully saturated rings. The van der Waals surface area contributed by atoms with Gasteiger partial charge >= 0.3 is 0 Å². The van der Waals surface area contributed by atoms with Crippen molar-refractivity contribution in [1.29, 1.82) is 0 Å². The fourth-order valence-corrected chi connectivity index (χ4v) is 1.09. The summed E-state index contributed by atoms with van der Waals surface area (Å²) in [6.07, 6.45) is 3.48. The molecule has 0 unspecified atom stereocenters. The van der Waals surface area contributed by atoms with Gasteiger partial charge in [0.1, 0.15) is 5.52 Å². The van der Waals surface area contributed by atoms with E-state index in [0.29, 0.717) is 5.89 Å². The topological polar surface area (TPSA) is 38.9 Å². The van der Waals surface area contributed by atoms with Crippen LogP contribution in [0.4, 0.5) is 0 Å². The van der Waals surface area contributed by atoms with E-state index in [1.54, 1.807) is 12.4 Å². The van der Waals surface area contributed by atoms with Crippen LogP contribution in [0, 0.1) is 13.8 Å². The third kappa shape index (κ3) is 0.888. The molecule has 0 aliphatic carbocycles. The lowest BCUT2D eigenvalue weighted by atomic mass is 10.3. The van der Waals surface area contributed by atoms with E-state index in [1.165, 1.54) is 0 Å². The maximum atomic E-state index is 5.35. The van der Waals surface area contributed by atoms with Gasteiger partial charge in [0.15, 0.2) is 11.5 Å². The number of aryl methyl sites for hydroxylation is 2. The zero-order chi connectivity index (χ0) is 7.84. The van der Waals surface area contributed by atoms with E-state index in [9.17, 15) is 0 Å². The summed E-state index contributed by atoms with van der Waals surface area (Å²) in [5.41, 5.74) is 2.71. The van der Waals surface area contributed by atoms with Gasteiger partial charge in [-0.1, -0.05) is 0 Å². The number of rotatable bonds is 0. The molecule has 0 spiro atoms. The Labute approximate surface area is 64.1 Å². The number of oxazole rings is 1. The third-order valence-corrected chi connectivity index (χ3v) is 1.58. The molecule has 2 rings (SSSR count). The fourth-order valence-electron chi connectivity index (χ4n) is 1.09. The Balaban J connectivity index is 2.90. The molecule has 2 aromatic rings. The molecule has 0 saturated carbocycles. The monoisotopic (exact) mass is 148 g/mol. The van der Waals surface area contributed by atoms with E-state index >= 15 is 0 Å². The predicted molar refractivity (Wildman–Crippen MR) is 41.3 cm³/mol. The standard InChI is InChI=1S/C8H8N2O/c1-5-3-9-4-7-8(5)11-6(2)10-7/h3-4H,1-2H3. The molecule has 3 heteroatoms. The molecule has 0 aliphatic rings. The van der Waals surface area contributed by atoms with Crippen LogP contribution in [0.2, 0.25) is 0 Å². The molecule has 2 heterocycles. The zero-order valence-corrected chi connectivity index (χ0v) is 6.46. The molecule has 0 aromatic carbocycles. The van der Waals surface area contributed by atoms with Crippen LogP contribution in [0.25, 0.3) is 11.1 Å². The molecule has 0 amide bonds. The molecule has 0 N–H and O–H groups in total. The van der Waals surface area contributed by atoms with Gasteiger partial charge in [0.25, 0.3) is 0 Å². The smallest absolute Gasteiger partial charge is 0.192 e. The van der Waals surface area contributed by atoms with Gasteiger partial charge in [0.2, 0.25) is 0 Å². The van der Waals surface area contributed by atoms with Gasteiger partial charge in [-0.25, -0.2) is 4.98 Å². The lowest BCUT2D eigenvalue weighted by Crippen LogP contribution is -1.76. The second-order valence-electron chi connectivity index (χ2n) is 2.54. The molecule has 0 bridgehead atoms. The van der Waals surface area contributed by atoms with E-state index in [1.807, 2.05) is 13.8 Å². The number of hydrogen-bond donors (Lipinski definition) is 0. The van der Waals surface area contributed by atoms with Crippen molar-refractivity contribution < 1.29 is 4.42 Å². The van der Waals surface area contributed by atoms with Gasteiger partial charge in [-0.2, -0.15) is 0 Å². The van der Waals surface area contributed by atoms with Gasteiger partial charge in [-0.15, -0.1) is 0 Å². The van der Waals surface area contributed by atoms with Crippen molar-refractivity contribution in [2.45, 2.75) is 13.8 Å². The minimum atomic E-state index is 0.691. The van der Waals surface area contributed by atoms with Crippen LogP contribution < -0.4 is 0 Å². The van der Waals surface area contributed by atoms with Gasteiger partial charge in [-0.05, 0) is 6.92 Å². The number of pyridine rings is 1. The summed E-state index contributed by atoms with van der Waals surface area (Å²) < 4.78 is 5.35. The minimum Gasteiger partial charge on any atom is -0.441 e. The fraction of sp³-hybridized carbons (Fsp3) is 0.250. The highest BCUT2D eigenvalue weighted by Gasteiger charge is 2.03. The van der Waals surface area contributed by atoms with E-state index in [4.69, 9.17) is 4.42 Å². The summed E-state index contributed by atoms with van der Waals surface area (Å²) in [7, 11) is 0. The van der Waals surface area contributed by atoms with Gasteiger partial charge in [-0.3, -0.25) is 4.98 Å². The molecular formula is C8H8N2O. The van der Waals surface area contributed by atoms with Crippen molar-refractivity contribution in [1.82, 2.24) is 9.97 Å². The normalized spacial score (nSPS) is 10.7. The Hall–Kier alpha value is -1.38. The summed E-state index contributed by atoms with van der Waals surface area (Å²) >= 11 is 0. The van der Waals surface area contributed by atoms with Crippen LogP contribution in [-0.4, -0.2) is 9.97 Å². The van der Waals surface area contributed by atoms with E-state index in [-0.39, 0.29) is 0 Å². The number of hydrogen-bond acceptors (Lipinski definition) is 3. The van der Waals surface area contributed by atoms with Gasteiger partial charge in [0.05, 0.1) is 6.20 Å². The van der Waals surface area contributed by atoms with Crippen molar-refractivity contribution in [3.05, 3.63) is 23.8 Å². The van der Waals surface area contributed by atoms with E-state index < -0.39 is 0 Å². The van der Waals surface area contributed by atoms with Crippen LogP contribution in [-0.2, 0) is 0 Å². The molecule has 0 atom stereocenters. The first-order valence-electron chi connectivity index (χ1n) is 3.45. The SMILES string of the molecule is Cc1nc2cncc(C)c2o1. The predicted octanol–water partition coefficient (Wildman–Crippen LogP) is 1.84. The van der Waals surface area contributed by atoms with E-state index in [0.717, 1.165) is 16.7 Å². The summed E-state index contributed by atoms with van der Waals surface area (Å²) in [5.74, 6) is 0.691. The minimum absolute atomic E-state index is 0.691. The zero-order valence-electron chi connectivity index (χ0n) is 6.46. The summed E-state index contributed by atoms with van der Waals surface area (Å²) in [6, 6.07) is 0. The van der Waals surface area contributed by atoms with Crippen LogP contribution in [0.15, 0.2) is 16.8 Å². The summed E-state index contributed by atoms with van der Waals surface area (Å²) in [4.78, 5) is 8.15. The lowest BCUT2D eigenvalue weighted by molar-refractivity contribution is 0.559. The maximum absolute atomic E-state index is 5.35. The Morgan fingerprint density at radius 1 is 1.27 bits per heavy atom. The van der Waals surface area contributed by atoms with Crippen molar-refractivity contribution in [3.8, 4) is 0 Å². The molecule has 56 valence electrons. The first-order chi connectivity index (χ1) is 5.27. The second kappa shape index (κ2) is 2.05. The first-order valence-corrected chi connectivity index (χ1v) is 3.45. The highest BCUT2D eigenvalue weighted by Crippen LogP contribution is 2.16. The highest BCUT2D eigenvalue weighted by molar-refractivity contribution is 5.74. The van der Waals surface area contributed by atoms with Crippen molar-refractivity contribution in [3.63, 3.8) is 0 Å². The number of nitrogens with zero attached hydrogens (tertiary/aromatic N) is 2. The Morgan fingerprint density at radius 3 is 2.82 bits per heavy atom. The quantitative estimate of drug-likeness (QED) is 0.572. The number of aromatic nitrogens is 2. The molecule has 2 aromatic heterocycles. The molecule has 11 heavy (non-hydrogen) atoms. The molecular weight excluding hydrogens is 140 g/mol. The first kappa shape index (κ1) is 6.34. The highest BCUT2D eigenvalue weighted by atomic mass is 16.3. The van der Waals surface area contributed by atoms with Crippen molar-refractivity contribution in [2.24, 2.45) is 0 Å². The summed E-state index contributed by atoms with van der Waals surface area (Å²) in [6.45, 7) is 3.79. The Kier molecular flexibility index (Phi) is 1.18. The Morgan fingerprint density at radius 2 is 2.09 bits per heavy atom. The lowest BCUT2D eigenvalue weighted by Gasteiger charge is -1.88. The van der Waals surface area contributed by atoms with Crippen LogP contribution in [0.1, 0.15) is 11.5 Å². The average molecular weight is 148 g/mol. The van der Waals surface area contributed by atoms with Gasteiger partial charge in [0, 0.05) is 18.7 Å². The molecule has 0 saturated heterocycles. The molecule has 0 radical (unpaired) electrons. The van der Waals surface area contributed by atoms with Crippen molar-refractivity contribution in [2.75, 3.05) is 0 Å². The van der Waals surface area contributed by atoms with Crippen LogP contribution >= 0.6 is 0 Å². The van der Waals surface area contributed by atoms with E-state index in [2.05, 4.69) is 9.97 Å². The Bertz CT molecular complexity index is 392. The van der Waals surface area contributed by atoms with Gasteiger partial charge < -0.3 is 4.42 Å². The largest absolute Gasteiger partial charge is 0.441 e.